The van der Waals surface area contributed by atoms with Gasteiger partial charge in [0.25, 0.3) is 0 Å². The summed E-state index contributed by atoms with van der Waals surface area (Å²) in [5, 5.41) is 22.4. The van der Waals surface area contributed by atoms with Gasteiger partial charge in [0.15, 0.2) is 11.5 Å². The molecule has 22 heavy (non-hydrogen) atoms. The van der Waals surface area contributed by atoms with Gasteiger partial charge in [0.1, 0.15) is 5.82 Å². The Morgan fingerprint density at radius 1 is 1.14 bits per heavy atom. The van der Waals surface area contributed by atoms with Crippen LogP contribution in [0.25, 0.3) is 0 Å². The first-order valence-corrected chi connectivity index (χ1v) is 7.17. The minimum atomic E-state index is -0.110. The molecular formula is C15H21N5O2. The average Bonchev–Trinajstić information content (AvgIpc) is 2.51. The van der Waals surface area contributed by atoms with E-state index in [2.05, 4.69) is 20.3 Å². The summed E-state index contributed by atoms with van der Waals surface area (Å²) in [5.41, 5.74) is 0.671. The van der Waals surface area contributed by atoms with Crippen LogP contribution in [0.15, 0.2) is 18.2 Å². The second kappa shape index (κ2) is 6.93. The molecule has 0 spiro atoms. The van der Waals surface area contributed by atoms with Gasteiger partial charge in [-0.15, -0.1) is 0 Å². The van der Waals surface area contributed by atoms with Crippen molar-refractivity contribution in [3.8, 4) is 11.5 Å². The van der Waals surface area contributed by atoms with Crippen LogP contribution in [0.3, 0.4) is 0 Å². The van der Waals surface area contributed by atoms with E-state index < -0.39 is 0 Å². The predicted octanol–water partition coefficient (Wildman–Crippen LogP) is 1.57. The van der Waals surface area contributed by atoms with Crippen LogP contribution in [-0.2, 0) is 12.8 Å². The van der Waals surface area contributed by atoms with E-state index in [1.165, 1.54) is 6.07 Å². The van der Waals surface area contributed by atoms with Crippen molar-refractivity contribution in [2.75, 3.05) is 30.9 Å². The molecule has 7 nitrogen and oxygen atoms in total. The lowest BCUT2D eigenvalue weighted by atomic mass is 10.1. The molecule has 3 N–H and O–H groups in total. The standard InChI is InChI=1S/C15H21N5O2/c1-4-12-17-14(19-15(18-12)20(2)3)16-9-8-10-6-5-7-11(21)13(10)22/h5-7,21-22H,4,8-9H2,1-3H3,(H,16,17,18,19). The lowest BCUT2D eigenvalue weighted by Gasteiger charge is -2.13. The van der Waals surface area contributed by atoms with Crippen molar-refractivity contribution in [2.24, 2.45) is 0 Å². The maximum absolute atomic E-state index is 9.77. The molecular weight excluding hydrogens is 282 g/mol. The summed E-state index contributed by atoms with van der Waals surface area (Å²) in [7, 11) is 3.76. The molecule has 0 aliphatic heterocycles. The molecule has 0 radical (unpaired) electrons. The maximum atomic E-state index is 9.77. The Morgan fingerprint density at radius 2 is 1.91 bits per heavy atom. The molecule has 0 amide bonds. The van der Waals surface area contributed by atoms with Gasteiger partial charge in [0.2, 0.25) is 11.9 Å². The van der Waals surface area contributed by atoms with E-state index in [4.69, 9.17) is 0 Å². The summed E-state index contributed by atoms with van der Waals surface area (Å²) in [4.78, 5) is 14.8. The first-order chi connectivity index (χ1) is 10.5. The van der Waals surface area contributed by atoms with Crippen LogP contribution in [0.4, 0.5) is 11.9 Å². The van der Waals surface area contributed by atoms with Gasteiger partial charge in [-0.3, -0.25) is 0 Å². The third-order valence-corrected chi connectivity index (χ3v) is 3.16. The Labute approximate surface area is 129 Å². The molecule has 0 saturated carbocycles. The van der Waals surface area contributed by atoms with Crippen LogP contribution in [-0.4, -0.2) is 45.8 Å². The number of phenols is 2. The molecule has 0 aliphatic rings. The number of aromatic nitrogens is 3. The monoisotopic (exact) mass is 303 g/mol. The van der Waals surface area contributed by atoms with Gasteiger partial charge >= 0.3 is 0 Å². The van der Waals surface area contributed by atoms with Gasteiger partial charge in [-0.2, -0.15) is 15.0 Å². The van der Waals surface area contributed by atoms with Crippen molar-refractivity contribution in [2.45, 2.75) is 19.8 Å². The lowest BCUT2D eigenvalue weighted by Crippen LogP contribution is -2.17. The number of para-hydroxylation sites is 1. The predicted molar refractivity (Wildman–Crippen MR) is 85.5 cm³/mol. The van der Waals surface area contributed by atoms with Gasteiger partial charge in [-0.05, 0) is 18.1 Å². The fourth-order valence-electron chi connectivity index (χ4n) is 1.93. The molecule has 0 aliphatic carbocycles. The lowest BCUT2D eigenvalue weighted by molar-refractivity contribution is 0.399. The fourth-order valence-corrected chi connectivity index (χ4v) is 1.93. The van der Waals surface area contributed by atoms with Crippen LogP contribution in [0.2, 0.25) is 0 Å². The van der Waals surface area contributed by atoms with E-state index in [0.717, 1.165) is 12.2 Å². The summed E-state index contributed by atoms with van der Waals surface area (Å²) in [6, 6.07) is 4.93. The minimum Gasteiger partial charge on any atom is -0.504 e. The summed E-state index contributed by atoms with van der Waals surface area (Å²) in [6.07, 6.45) is 1.27. The number of aryl methyl sites for hydroxylation is 1. The molecule has 7 heteroatoms. The molecule has 0 atom stereocenters. The van der Waals surface area contributed by atoms with Gasteiger partial charge in [0.05, 0.1) is 0 Å². The first-order valence-electron chi connectivity index (χ1n) is 7.17. The number of nitrogens with one attached hydrogen (secondary N) is 1. The number of nitrogens with zero attached hydrogens (tertiary/aromatic N) is 4. The molecule has 1 aromatic carbocycles. The Bertz CT molecular complexity index is 646. The molecule has 0 fully saturated rings. The number of hydrogen-bond acceptors (Lipinski definition) is 7. The number of aromatic hydroxyl groups is 2. The van der Waals surface area contributed by atoms with Crippen LogP contribution in [0, 0.1) is 0 Å². The number of hydrogen-bond donors (Lipinski definition) is 3. The topological polar surface area (TPSA) is 94.4 Å². The molecule has 0 saturated heterocycles. The SMILES string of the molecule is CCc1nc(NCCc2cccc(O)c2O)nc(N(C)C)n1. The maximum Gasteiger partial charge on any atom is 0.229 e. The molecule has 1 aromatic heterocycles. The summed E-state index contributed by atoms with van der Waals surface area (Å²) < 4.78 is 0. The van der Waals surface area contributed by atoms with E-state index >= 15 is 0 Å². The summed E-state index contributed by atoms with van der Waals surface area (Å²) in [5.74, 6) is 1.65. The second-order valence-corrected chi connectivity index (χ2v) is 5.08. The molecule has 2 rings (SSSR count). The molecule has 0 unspecified atom stereocenters. The van der Waals surface area contributed by atoms with Gasteiger partial charge in [0, 0.05) is 27.1 Å². The van der Waals surface area contributed by atoms with E-state index in [1.54, 1.807) is 12.1 Å². The van der Waals surface area contributed by atoms with Crippen LogP contribution in [0.5, 0.6) is 11.5 Å². The highest BCUT2D eigenvalue weighted by Crippen LogP contribution is 2.28. The molecule has 118 valence electrons. The van der Waals surface area contributed by atoms with Gasteiger partial charge in [-0.25, -0.2) is 0 Å². The number of phenolic OH excluding ortho intramolecular Hbond substituents is 2. The van der Waals surface area contributed by atoms with Crippen molar-refractivity contribution < 1.29 is 10.2 Å². The first kappa shape index (κ1) is 15.8. The second-order valence-electron chi connectivity index (χ2n) is 5.08. The van der Waals surface area contributed by atoms with E-state index in [9.17, 15) is 10.2 Å². The Balaban J connectivity index is 2.05. The van der Waals surface area contributed by atoms with Gasteiger partial charge in [-0.1, -0.05) is 19.1 Å². The average molecular weight is 303 g/mol. The Kier molecular flexibility index (Phi) is 4.98. The Hall–Kier alpha value is -2.57. The van der Waals surface area contributed by atoms with Gasteiger partial charge < -0.3 is 20.4 Å². The van der Waals surface area contributed by atoms with Crippen molar-refractivity contribution in [3.05, 3.63) is 29.6 Å². The van der Waals surface area contributed by atoms with Crippen molar-refractivity contribution in [1.29, 1.82) is 0 Å². The normalized spacial score (nSPS) is 10.5. The quantitative estimate of drug-likeness (QED) is 0.697. The van der Waals surface area contributed by atoms with Crippen molar-refractivity contribution in [1.82, 2.24) is 15.0 Å². The zero-order valence-electron chi connectivity index (χ0n) is 13.0. The van der Waals surface area contributed by atoms with Crippen LogP contribution >= 0.6 is 0 Å². The van der Waals surface area contributed by atoms with Crippen LogP contribution in [0.1, 0.15) is 18.3 Å². The Morgan fingerprint density at radius 3 is 2.59 bits per heavy atom. The number of rotatable bonds is 6. The van der Waals surface area contributed by atoms with Crippen LogP contribution < -0.4 is 10.2 Å². The van der Waals surface area contributed by atoms with Crippen molar-refractivity contribution in [3.63, 3.8) is 0 Å². The highest BCUT2D eigenvalue weighted by Gasteiger charge is 2.08. The van der Waals surface area contributed by atoms with E-state index in [-0.39, 0.29) is 11.5 Å². The number of benzene rings is 1. The zero-order chi connectivity index (χ0) is 16.1. The molecule has 0 bridgehead atoms. The summed E-state index contributed by atoms with van der Waals surface area (Å²) >= 11 is 0. The van der Waals surface area contributed by atoms with E-state index in [0.29, 0.717) is 30.4 Å². The number of anilines is 2. The van der Waals surface area contributed by atoms with E-state index in [1.807, 2.05) is 25.9 Å². The fraction of sp³-hybridized carbons (Fsp3) is 0.400. The largest absolute Gasteiger partial charge is 0.504 e. The summed E-state index contributed by atoms with van der Waals surface area (Å²) in [6.45, 7) is 2.53. The smallest absolute Gasteiger partial charge is 0.229 e. The third-order valence-electron chi connectivity index (χ3n) is 3.16. The van der Waals surface area contributed by atoms with Crippen molar-refractivity contribution >= 4 is 11.9 Å². The highest BCUT2D eigenvalue weighted by atomic mass is 16.3. The third kappa shape index (κ3) is 3.75. The molecule has 1 heterocycles. The molecule has 2 aromatic rings. The highest BCUT2D eigenvalue weighted by molar-refractivity contribution is 5.45. The zero-order valence-corrected chi connectivity index (χ0v) is 13.0. The minimum absolute atomic E-state index is 0.0804.